The van der Waals surface area contributed by atoms with Gasteiger partial charge in [0.25, 0.3) is 0 Å². The summed E-state index contributed by atoms with van der Waals surface area (Å²) in [6, 6.07) is 14.3. The Labute approximate surface area is 110 Å². The zero-order valence-electron chi connectivity index (χ0n) is 11.9. The summed E-state index contributed by atoms with van der Waals surface area (Å²) in [5.74, 6) is 1.82. The van der Waals surface area contributed by atoms with E-state index in [4.69, 9.17) is 4.74 Å². The number of ether oxygens (including phenoxy) is 1. The van der Waals surface area contributed by atoms with Crippen molar-refractivity contribution in [3.05, 3.63) is 59.2 Å². The molecule has 0 fully saturated rings. The highest BCUT2D eigenvalue weighted by Gasteiger charge is 2.01. The highest BCUT2D eigenvalue weighted by molar-refractivity contribution is 5.40. The van der Waals surface area contributed by atoms with Gasteiger partial charge in [-0.3, -0.25) is 0 Å². The first-order valence-corrected chi connectivity index (χ1v) is 6.47. The Kier molecular flexibility index (Phi) is 5.44. The Morgan fingerprint density at radius 2 is 1.28 bits per heavy atom. The molecule has 2 rings (SSSR count). The predicted molar refractivity (Wildman–Crippen MR) is 78.5 cm³/mol. The number of hydrogen-bond acceptors (Lipinski definition) is 1. The van der Waals surface area contributed by atoms with Gasteiger partial charge in [-0.2, -0.15) is 0 Å². The van der Waals surface area contributed by atoms with E-state index in [2.05, 4.69) is 51.1 Å². The van der Waals surface area contributed by atoms with Gasteiger partial charge in [0.2, 0.25) is 0 Å². The van der Waals surface area contributed by atoms with Crippen LogP contribution >= 0.6 is 0 Å². The Morgan fingerprint density at radius 3 is 1.89 bits per heavy atom. The minimum Gasteiger partial charge on any atom is -0.457 e. The Bertz CT molecular complexity index is 483. The fourth-order valence-electron chi connectivity index (χ4n) is 1.55. The van der Waals surface area contributed by atoms with Crippen molar-refractivity contribution in [3.63, 3.8) is 0 Å². The SMILES string of the molecule is CC.Cc1ccc(Oc2cc(C)ccc2C)cc1. The molecule has 0 radical (unpaired) electrons. The van der Waals surface area contributed by atoms with Gasteiger partial charge >= 0.3 is 0 Å². The minimum absolute atomic E-state index is 0.888. The van der Waals surface area contributed by atoms with Crippen LogP contribution in [0, 0.1) is 20.8 Å². The van der Waals surface area contributed by atoms with Crippen LogP contribution in [0.25, 0.3) is 0 Å². The normalized spacial score (nSPS) is 9.39. The van der Waals surface area contributed by atoms with E-state index in [-0.39, 0.29) is 0 Å². The molecule has 1 nitrogen and oxygen atoms in total. The van der Waals surface area contributed by atoms with Crippen LogP contribution in [0.2, 0.25) is 0 Å². The highest BCUT2D eigenvalue weighted by atomic mass is 16.5. The lowest BCUT2D eigenvalue weighted by Crippen LogP contribution is -1.88. The maximum atomic E-state index is 5.84. The molecule has 0 unspecified atom stereocenters. The molecule has 0 aromatic heterocycles. The molecule has 2 aromatic carbocycles. The number of benzene rings is 2. The molecule has 0 atom stereocenters. The van der Waals surface area contributed by atoms with Gasteiger partial charge in [0.15, 0.2) is 0 Å². The Morgan fingerprint density at radius 1 is 0.722 bits per heavy atom. The largest absolute Gasteiger partial charge is 0.457 e. The van der Waals surface area contributed by atoms with Gasteiger partial charge in [-0.25, -0.2) is 0 Å². The summed E-state index contributed by atoms with van der Waals surface area (Å²) in [4.78, 5) is 0. The van der Waals surface area contributed by atoms with E-state index in [1.807, 2.05) is 26.0 Å². The second-order valence-electron chi connectivity index (χ2n) is 4.18. The van der Waals surface area contributed by atoms with E-state index in [9.17, 15) is 0 Å². The summed E-state index contributed by atoms with van der Waals surface area (Å²) in [6.07, 6.45) is 0. The van der Waals surface area contributed by atoms with Crippen LogP contribution in [0.5, 0.6) is 11.5 Å². The average Bonchev–Trinajstić information content (AvgIpc) is 2.39. The molecular formula is C17H22O. The molecule has 0 aliphatic heterocycles. The fraction of sp³-hybridized carbons (Fsp3) is 0.294. The summed E-state index contributed by atoms with van der Waals surface area (Å²) in [5, 5.41) is 0. The van der Waals surface area contributed by atoms with Crippen molar-refractivity contribution in [2.24, 2.45) is 0 Å². The van der Waals surface area contributed by atoms with E-state index >= 15 is 0 Å². The van der Waals surface area contributed by atoms with E-state index in [0.717, 1.165) is 17.1 Å². The number of rotatable bonds is 2. The smallest absolute Gasteiger partial charge is 0.130 e. The maximum absolute atomic E-state index is 5.84. The first-order valence-electron chi connectivity index (χ1n) is 6.47. The van der Waals surface area contributed by atoms with E-state index in [1.54, 1.807) is 0 Å². The molecule has 96 valence electrons. The Hall–Kier alpha value is -1.76. The molecule has 0 amide bonds. The topological polar surface area (TPSA) is 9.23 Å². The molecule has 0 saturated heterocycles. The van der Waals surface area contributed by atoms with Crippen LogP contribution in [0.4, 0.5) is 0 Å². The molecule has 2 aromatic rings. The third-order valence-corrected chi connectivity index (χ3v) is 2.59. The molecule has 0 spiro atoms. The van der Waals surface area contributed by atoms with Crippen LogP contribution in [0.15, 0.2) is 42.5 Å². The van der Waals surface area contributed by atoms with Crippen molar-refractivity contribution in [2.45, 2.75) is 34.6 Å². The van der Waals surface area contributed by atoms with Gasteiger partial charge < -0.3 is 4.74 Å². The first-order chi connectivity index (χ1) is 8.65. The summed E-state index contributed by atoms with van der Waals surface area (Å²) >= 11 is 0. The molecular weight excluding hydrogens is 220 g/mol. The van der Waals surface area contributed by atoms with E-state index in [0.29, 0.717) is 0 Å². The Balaban J connectivity index is 0.000000771. The van der Waals surface area contributed by atoms with Crippen LogP contribution in [0.3, 0.4) is 0 Å². The van der Waals surface area contributed by atoms with Crippen LogP contribution in [-0.2, 0) is 0 Å². The number of aryl methyl sites for hydroxylation is 3. The standard InChI is InChI=1S/C15H16O.C2H6/c1-11-5-8-14(9-6-11)16-15-10-12(2)4-7-13(15)3;1-2/h4-10H,1-3H3;1-2H3. The lowest BCUT2D eigenvalue weighted by molar-refractivity contribution is 0.478. The predicted octanol–water partition coefficient (Wildman–Crippen LogP) is 5.43. The molecule has 1 heteroatoms. The average molecular weight is 242 g/mol. The molecule has 0 N–H and O–H groups in total. The van der Waals surface area contributed by atoms with Crippen molar-refractivity contribution in [1.29, 1.82) is 0 Å². The highest BCUT2D eigenvalue weighted by Crippen LogP contribution is 2.25. The molecule has 18 heavy (non-hydrogen) atoms. The maximum Gasteiger partial charge on any atom is 0.130 e. The fourth-order valence-corrected chi connectivity index (χ4v) is 1.55. The van der Waals surface area contributed by atoms with Gasteiger partial charge in [0.1, 0.15) is 11.5 Å². The van der Waals surface area contributed by atoms with E-state index in [1.165, 1.54) is 11.1 Å². The quantitative estimate of drug-likeness (QED) is 0.682. The molecule has 0 bridgehead atoms. The summed E-state index contributed by atoms with van der Waals surface area (Å²) in [7, 11) is 0. The molecule has 0 aliphatic rings. The van der Waals surface area contributed by atoms with Crippen LogP contribution in [0.1, 0.15) is 30.5 Å². The second kappa shape index (κ2) is 6.85. The van der Waals surface area contributed by atoms with Crippen LogP contribution in [-0.4, -0.2) is 0 Å². The molecule has 0 saturated carbocycles. The third-order valence-electron chi connectivity index (χ3n) is 2.59. The van der Waals surface area contributed by atoms with Gasteiger partial charge in [-0.1, -0.05) is 43.7 Å². The first kappa shape index (κ1) is 14.3. The molecule has 0 heterocycles. The van der Waals surface area contributed by atoms with Crippen molar-refractivity contribution in [2.75, 3.05) is 0 Å². The van der Waals surface area contributed by atoms with Gasteiger partial charge in [-0.15, -0.1) is 0 Å². The number of hydrogen-bond donors (Lipinski definition) is 0. The van der Waals surface area contributed by atoms with Gasteiger partial charge in [0.05, 0.1) is 0 Å². The summed E-state index contributed by atoms with van der Waals surface area (Å²) in [5.41, 5.74) is 3.62. The zero-order valence-corrected chi connectivity index (χ0v) is 11.9. The lowest BCUT2D eigenvalue weighted by atomic mass is 10.1. The van der Waals surface area contributed by atoms with E-state index < -0.39 is 0 Å². The van der Waals surface area contributed by atoms with Gasteiger partial charge in [-0.05, 0) is 50.1 Å². The van der Waals surface area contributed by atoms with Crippen molar-refractivity contribution in [1.82, 2.24) is 0 Å². The molecule has 0 aliphatic carbocycles. The van der Waals surface area contributed by atoms with Crippen LogP contribution < -0.4 is 4.74 Å². The summed E-state index contributed by atoms with van der Waals surface area (Å²) in [6.45, 7) is 10.2. The van der Waals surface area contributed by atoms with Gasteiger partial charge in [0, 0.05) is 0 Å². The summed E-state index contributed by atoms with van der Waals surface area (Å²) < 4.78 is 5.84. The van der Waals surface area contributed by atoms with Crippen molar-refractivity contribution in [3.8, 4) is 11.5 Å². The van der Waals surface area contributed by atoms with Crippen molar-refractivity contribution >= 4 is 0 Å². The van der Waals surface area contributed by atoms with Crippen molar-refractivity contribution < 1.29 is 4.74 Å². The third kappa shape index (κ3) is 3.92. The second-order valence-corrected chi connectivity index (χ2v) is 4.18. The lowest BCUT2D eigenvalue weighted by Gasteiger charge is -2.09. The monoisotopic (exact) mass is 242 g/mol. The zero-order chi connectivity index (χ0) is 13.5. The minimum atomic E-state index is 0.888.